The van der Waals surface area contributed by atoms with Crippen LogP contribution < -0.4 is 16.4 Å². The monoisotopic (exact) mass is 532 g/mol. The summed E-state index contributed by atoms with van der Waals surface area (Å²) in [5, 5.41) is 7.56. The Labute approximate surface area is 192 Å². The molecule has 0 atom stereocenters. The van der Waals surface area contributed by atoms with Crippen LogP contribution in [0.2, 0.25) is 0 Å². The number of nitrogens with two attached hydrogens (primary N) is 1. The highest BCUT2D eigenvalue weighted by molar-refractivity contribution is 14.1. The number of hydrogen-bond acceptors (Lipinski definition) is 6. The van der Waals surface area contributed by atoms with Crippen LogP contribution in [0.3, 0.4) is 0 Å². The fraction of sp³-hybridized carbons (Fsp3) is 0.500. The molecule has 0 saturated carbocycles. The molecule has 0 aliphatic carbocycles. The van der Waals surface area contributed by atoms with Crippen LogP contribution in [0.25, 0.3) is 0 Å². The number of rotatable bonds is 13. The Balaban J connectivity index is 3.23. The van der Waals surface area contributed by atoms with Crippen molar-refractivity contribution in [2.75, 3.05) is 26.0 Å². The number of ether oxygens (including phenoxy) is 1. The Morgan fingerprint density at radius 1 is 1.45 bits per heavy atom. The molecule has 0 aromatic carbocycles. The van der Waals surface area contributed by atoms with Crippen LogP contribution in [0.4, 0.5) is 5.82 Å². The van der Waals surface area contributed by atoms with Gasteiger partial charge < -0.3 is 25.7 Å². The lowest BCUT2D eigenvalue weighted by atomic mass is 10.3. The summed E-state index contributed by atoms with van der Waals surface area (Å²) in [6.07, 6.45) is 6.56. The highest BCUT2D eigenvalue weighted by atomic mass is 127. The lowest BCUT2D eigenvalue weighted by Gasteiger charge is -2.14. The molecular formula is C20H33IN6OS. The van der Waals surface area contributed by atoms with Crippen LogP contribution in [-0.2, 0) is 17.8 Å². The summed E-state index contributed by atoms with van der Waals surface area (Å²) in [6, 6.07) is 0.462. The standard InChI is InChI=1S/C20H33IN6OS/c1-14(2)24-10-7-11-27-19(25-13-23-5)17(12-22)26-20(27)29-18(16(4)21)9-8-15(3)28-6/h8-9,13-14,24H,4,7,10-12,22H2,1-3,5-6H3,(H,23,25)/b15-8?,18-9+. The summed E-state index contributed by atoms with van der Waals surface area (Å²) < 4.78 is 8.33. The molecule has 4 N–H and O–H groups in total. The van der Waals surface area contributed by atoms with E-state index in [2.05, 4.69) is 63.2 Å². The van der Waals surface area contributed by atoms with Crippen LogP contribution >= 0.6 is 34.4 Å². The van der Waals surface area contributed by atoms with Gasteiger partial charge >= 0.3 is 0 Å². The summed E-state index contributed by atoms with van der Waals surface area (Å²) in [5.41, 5.74) is 6.78. The van der Waals surface area contributed by atoms with Crippen molar-refractivity contribution < 1.29 is 4.74 Å². The number of hydrogen-bond donors (Lipinski definition) is 3. The average molecular weight is 532 g/mol. The molecule has 0 spiro atoms. The van der Waals surface area contributed by atoms with Crippen molar-refractivity contribution in [3.63, 3.8) is 0 Å². The lowest BCUT2D eigenvalue weighted by Crippen LogP contribution is -2.24. The van der Waals surface area contributed by atoms with Crippen LogP contribution in [0.15, 0.2) is 43.1 Å². The number of allylic oxidation sites excluding steroid dienone is 4. The third kappa shape index (κ3) is 8.93. The fourth-order valence-corrected chi connectivity index (χ4v) is 3.76. The largest absolute Gasteiger partial charge is 0.501 e. The highest BCUT2D eigenvalue weighted by Gasteiger charge is 2.18. The van der Waals surface area contributed by atoms with Crippen molar-refractivity contribution >= 4 is 46.5 Å². The summed E-state index contributed by atoms with van der Waals surface area (Å²) in [6.45, 7) is 12.4. The van der Waals surface area contributed by atoms with Crippen molar-refractivity contribution in [2.45, 2.75) is 51.5 Å². The summed E-state index contributed by atoms with van der Waals surface area (Å²) in [7, 11) is 3.38. The molecule has 0 radical (unpaired) electrons. The zero-order valence-corrected chi connectivity index (χ0v) is 20.9. The molecule has 1 rings (SSSR count). The minimum absolute atomic E-state index is 0.345. The smallest absolute Gasteiger partial charge is 0.174 e. The van der Waals surface area contributed by atoms with Gasteiger partial charge in [-0.05, 0) is 54.6 Å². The number of methoxy groups -OCH3 is 1. The van der Waals surface area contributed by atoms with E-state index < -0.39 is 0 Å². The maximum atomic E-state index is 5.96. The van der Waals surface area contributed by atoms with Crippen molar-refractivity contribution in [1.82, 2.24) is 14.9 Å². The first-order valence-corrected chi connectivity index (χ1v) is 11.4. The Morgan fingerprint density at radius 2 is 2.17 bits per heavy atom. The molecule has 1 aromatic rings. The van der Waals surface area contributed by atoms with Gasteiger partial charge in [-0.2, -0.15) is 0 Å². The molecule has 0 amide bonds. The SMILES string of the molecule is C=C(I)/C(=C\C=C(C)OC)Sc1nc(CN)c(NC=NC)n1CCCNC(C)C. The molecule has 29 heavy (non-hydrogen) atoms. The van der Waals surface area contributed by atoms with Gasteiger partial charge in [0.2, 0.25) is 0 Å². The first-order valence-electron chi connectivity index (χ1n) is 9.49. The van der Waals surface area contributed by atoms with Gasteiger partial charge in [-0.25, -0.2) is 4.98 Å². The van der Waals surface area contributed by atoms with E-state index >= 15 is 0 Å². The molecule has 0 unspecified atom stereocenters. The first-order chi connectivity index (χ1) is 13.8. The van der Waals surface area contributed by atoms with Crippen molar-refractivity contribution in [3.05, 3.63) is 38.7 Å². The second-order valence-corrected chi connectivity index (χ2v) is 8.87. The minimum atomic E-state index is 0.345. The Bertz CT molecular complexity index is 754. The zero-order valence-electron chi connectivity index (χ0n) is 18.0. The van der Waals surface area contributed by atoms with E-state index in [1.807, 2.05) is 19.1 Å². The van der Waals surface area contributed by atoms with Gasteiger partial charge in [-0.15, -0.1) is 0 Å². The molecule has 9 heteroatoms. The van der Waals surface area contributed by atoms with E-state index in [9.17, 15) is 0 Å². The average Bonchev–Trinajstić information content (AvgIpc) is 3.02. The number of nitrogens with one attached hydrogen (secondary N) is 2. The van der Waals surface area contributed by atoms with E-state index in [0.29, 0.717) is 12.6 Å². The Kier molecular flexibility index (Phi) is 12.3. The number of aromatic nitrogens is 2. The molecule has 0 aliphatic rings. The van der Waals surface area contributed by atoms with Crippen LogP contribution in [0.5, 0.6) is 0 Å². The third-order valence-corrected chi connectivity index (χ3v) is 5.94. The molecule has 1 heterocycles. The molecule has 7 nitrogen and oxygen atoms in total. The van der Waals surface area contributed by atoms with Crippen LogP contribution in [-0.4, -0.2) is 42.6 Å². The fourth-order valence-electron chi connectivity index (χ4n) is 2.36. The highest BCUT2D eigenvalue weighted by Crippen LogP contribution is 2.36. The summed E-state index contributed by atoms with van der Waals surface area (Å²) in [5.74, 6) is 1.71. The van der Waals surface area contributed by atoms with E-state index in [0.717, 1.165) is 50.4 Å². The lowest BCUT2D eigenvalue weighted by molar-refractivity contribution is 0.294. The van der Waals surface area contributed by atoms with Crippen molar-refractivity contribution in [1.29, 1.82) is 0 Å². The molecule has 162 valence electrons. The predicted octanol–water partition coefficient (Wildman–Crippen LogP) is 4.27. The van der Waals surface area contributed by atoms with E-state index in [-0.39, 0.29) is 0 Å². The van der Waals surface area contributed by atoms with Crippen molar-refractivity contribution in [3.8, 4) is 0 Å². The summed E-state index contributed by atoms with van der Waals surface area (Å²) in [4.78, 5) is 9.83. The molecule has 0 fully saturated rings. The molecule has 1 aromatic heterocycles. The van der Waals surface area contributed by atoms with Crippen molar-refractivity contribution in [2.24, 2.45) is 10.7 Å². The second-order valence-electron chi connectivity index (χ2n) is 6.56. The topological polar surface area (TPSA) is 89.5 Å². The molecule has 0 bridgehead atoms. The minimum Gasteiger partial charge on any atom is -0.501 e. The molecule has 0 saturated heterocycles. The first kappa shape index (κ1) is 25.7. The predicted molar refractivity (Wildman–Crippen MR) is 134 cm³/mol. The third-order valence-electron chi connectivity index (χ3n) is 3.90. The molecule has 0 aliphatic heterocycles. The van der Waals surface area contributed by atoms with Crippen LogP contribution in [0, 0.1) is 0 Å². The van der Waals surface area contributed by atoms with Gasteiger partial charge in [0.25, 0.3) is 0 Å². The number of halogens is 1. The maximum Gasteiger partial charge on any atom is 0.174 e. The van der Waals surface area contributed by atoms with E-state index in [4.69, 9.17) is 15.5 Å². The second kappa shape index (κ2) is 13.8. The normalized spacial score (nSPS) is 12.8. The quantitative estimate of drug-likeness (QED) is 0.0669. The van der Waals surface area contributed by atoms with E-state index in [1.54, 1.807) is 32.3 Å². The molecular weight excluding hydrogens is 499 g/mol. The van der Waals surface area contributed by atoms with Gasteiger partial charge in [0.15, 0.2) is 5.16 Å². The number of thioether (sulfide) groups is 1. The Hall–Kier alpha value is -1.30. The maximum absolute atomic E-state index is 5.96. The zero-order chi connectivity index (χ0) is 21.8. The Morgan fingerprint density at radius 3 is 2.72 bits per heavy atom. The van der Waals surface area contributed by atoms with Gasteiger partial charge in [0.1, 0.15) is 5.82 Å². The van der Waals surface area contributed by atoms with Gasteiger partial charge in [0, 0.05) is 34.7 Å². The number of aliphatic imine (C=N–C) groups is 1. The summed E-state index contributed by atoms with van der Waals surface area (Å²) >= 11 is 3.80. The number of nitrogens with zero attached hydrogens (tertiary/aromatic N) is 3. The van der Waals surface area contributed by atoms with E-state index in [1.165, 1.54) is 0 Å². The number of imidazole rings is 1. The number of anilines is 1. The van der Waals surface area contributed by atoms with Crippen LogP contribution in [0.1, 0.15) is 32.9 Å². The van der Waals surface area contributed by atoms with Gasteiger partial charge in [0.05, 0.1) is 24.9 Å². The van der Waals surface area contributed by atoms with Gasteiger partial charge in [-0.1, -0.05) is 32.2 Å². The van der Waals surface area contributed by atoms with Gasteiger partial charge in [-0.3, -0.25) is 4.99 Å².